The fourth-order valence-corrected chi connectivity index (χ4v) is 3.18. The molecule has 3 nitrogen and oxygen atoms in total. The number of hydrogen-bond donors (Lipinski definition) is 0. The van der Waals surface area contributed by atoms with Gasteiger partial charge in [-0.1, -0.05) is 50.2 Å². The number of pyridine rings is 1. The minimum atomic E-state index is -0.0735. The van der Waals surface area contributed by atoms with Crippen molar-refractivity contribution in [2.24, 2.45) is 5.92 Å². The third-order valence-corrected chi connectivity index (χ3v) is 4.36. The Hall–Kier alpha value is -2.16. The summed E-state index contributed by atoms with van der Waals surface area (Å²) in [6.07, 6.45) is 2.78. The van der Waals surface area contributed by atoms with Gasteiger partial charge in [-0.3, -0.25) is 0 Å². The Morgan fingerprint density at radius 3 is 2.70 bits per heavy atom. The molecule has 0 bridgehead atoms. The number of fused-ring (bicyclic) bond motifs is 1. The van der Waals surface area contributed by atoms with Crippen LogP contribution < -0.4 is 4.74 Å². The second kappa shape index (κ2) is 6.95. The van der Waals surface area contributed by atoms with Crippen LogP contribution in [0.1, 0.15) is 48.9 Å². The van der Waals surface area contributed by atoms with Gasteiger partial charge in [-0.25, -0.2) is 4.98 Å². The first kappa shape index (κ1) is 15.7. The van der Waals surface area contributed by atoms with Crippen molar-refractivity contribution in [3.63, 3.8) is 0 Å². The molecule has 3 rings (SSSR count). The fraction of sp³-hybridized carbons (Fsp3) is 0.400. The van der Waals surface area contributed by atoms with E-state index in [-0.39, 0.29) is 5.92 Å². The number of nitrogens with zero attached hydrogens (tertiary/aromatic N) is 1. The van der Waals surface area contributed by atoms with E-state index in [1.165, 1.54) is 5.56 Å². The lowest BCUT2D eigenvalue weighted by Gasteiger charge is -2.28. The van der Waals surface area contributed by atoms with Crippen molar-refractivity contribution in [1.29, 1.82) is 0 Å². The van der Waals surface area contributed by atoms with Crippen molar-refractivity contribution in [3.8, 4) is 5.88 Å². The molecule has 1 heterocycles. The second-order valence-electron chi connectivity index (χ2n) is 6.68. The summed E-state index contributed by atoms with van der Waals surface area (Å²) in [4.78, 5) is 16.2. The van der Waals surface area contributed by atoms with E-state index >= 15 is 0 Å². The van der Waals surface area contributed by atoms with Gasteiger partial charge in [0.1, 0.15) is 6.29 Å². The van der Waals surface area contributed by atoms with Gasteiger partial charge >= 0.3 is 0 Å². The molecule has 0 saturated heterocycles. The molecule has 3 heteroatoms. The predicted octanol–water partition coefficient (Wildman–Crippen LogP) is 4.13. The fourth-order valence-electron chi connectivity index (χ4n) is 3.18. The van der Waals surface area contributed by atoms with E-state index in [0.717, 1.165) is 30.4 Å². The number of carbonyl (C=O) groups excluding carboxylic acids is 1. The van der Waals surface area contributed by atoms with E-state index in [1.807, 2.05) is 18.2 Å². The zero-order valence-corrected chi connectivity index (χ0v) is 13.7. The summed E-state index contributed by atoms with van der Waals surface area (Å²) in [7, 11) is 0. The second-order valence-corrected chi connectivity index (χ2v) is 6.68. The Bertz CT molecular complexity index is 667. The van der Waals surface area contributed by atoms with Gasteiger partial charge in [0, 0.05) is 17.7 Å². The van der Waals surface area contributed by atoms with Crippen molar-refractivity contribution < 1.29 is 9.53 Å². The smallest absolute Gasteiger partial charge is 0.213 e. The Labute approximate surface area is 137 Å². The van der Waals surface area contributed by atoms with Gasteiger partial charge in [-0.2, -0.15) is 0 Å². The molecule has 1 aliphatic rings. The molecule has 23 heavy (non-hydrogen) atoms. The summed E-state index contributed by atoms with van der Waals surface area (Å²) in [5, 5.41) is 0. The van der Waals surface area contributed by atoms with Crippen LogP contribution in [0.5, 0.6) is 5.88 Å². The van der Waals surface area contributed by atoms with Crippen LogP contribution in [0, 0.1) is 5.92 Å². The molecule has 0 spiro atoms. The molecule has 1 aliphatic carbocycles. The van der Waals surface area contributed by atoms with E-state index in [1.54, 1.807) is 0 Å². The summed E-state index contributed by atoms with van der Waals surface area (Å²) in [5.74, 6) is 1.39. The molecule has 0 amide bonds. The van der Waals surface area contributed by atoms with Gasteiger partial charge in [-0.05, 0) is 35.8 Å². The maximum Gasteiger partial charge on any atom is 0.213 e. The molecule has 2 unspecified atom stereocenters. The highest BCUT2D eigenvalue weighted by molar-refractivity contribution is 5.64. The topological polar surface area (TPSA) is 39.2 Å². The van der Waals surface area contributed by atoms with Crippen LogP contribution in [-0.4, -0.2) is 17.9 Å². The Kier molecular flexibility index (Phi) is 4.75. The number of aldehydes is 1. The Morgan fingerprint density at radius 1 is 1.22 bits per heavy atom. The minimum absolute atomic E-state index is 0.0735. The molecular weight excluding hydrogens is 286 g/mol. The Morgan fingerprint density at radius 2 is 2.00 bits per heavy atom. The summed E-state index contributed by atoms with van der Waals surface area (Å²) in [5.41, 5.74) is 3.34. The number of ether oxygens (including phenoxy) is 1. The van der Waals surface area contributed by atoms with Gasteiger partial charge in [0.05, 0.1) is 6.61 Å². The van der Waals surface area contributed by atoms with Gasteiger partial charge < -0.3 is 9.53 Å². The van der Waals surface area contributed by atoms with Crippen LogP contribution in [0.4, 0.5) is 0 Å². The highest BCUT2D eigenvalue weighted by Gasteiger charge is 2.29. The van der Waals surface area contributed by atoms with Gasteiger partial charge in [-0.15, -0.1) is 0 Å². The molecule has 0 saturated carbocycles. The molecule has 1 aromatic carbocycles. The average molecular weight is 309 g/mol. The Balaban J connectivity index is 1.87. The van der Waals surface area contributed by atoms with E-state index < -0.39 is 0 Å². The van der Waals surface area contributed by atoms with Crippen LogP contribution in [0.15, 0.2) is 42.5 Å². The van der Waals surface area contributed by atoms with Crippen molar-refractivity contribution in [2.75, 3.05) is 6.61 Å². The standard InChI is InChI=1S/C20H23NO2/c1-14(2)13-23-20-9-8-18-17(12-22)10-16(11-19(18)21-20)15-6-4-3-5-7-15/h3-9,12,14,16-17H,10-11,13H2,1-2H3. The average Bonchev–Trinajstić information content (AvgIpc) is 2.59. The van der Waals surface area contributed by atoms with Gasteiger partial charge in [0.2, 0.25) is 5.88 Å². The number of aromatic nitrogens is 1. The quantitative estimate of drug-likeness (QED) is 0.780. The van der Waals surface area contributed by atoms with Crippen LogP contribution in [0.25, 0.3) is 0 Å². The largest absolute Gasteiger partial charge is 0.477 e. The SMILES string of the molecule is CC(C)COc1ccc2c(n1)CC(c1ccccc1)CC2C=O. The van der Waals surface area contributed by atoms with Gasteiger partial charge in [0.25, 0.3) is 0 Å². The molecule has 0 aliphatic heterocycles. The number of carbonyl (C=O) groups is 1. The molecule has 0 radical (unpaired) electrons. The predicted molar refractivity (Wildman–Crippen MR) is 90.9 cm³/mol. The summed E-state index contributed by atoms with van der Waals surface area (Å²) in [6, 6.07) is 14.3. The third kappa shape index (κ3) is 3.61. The van der Waals surface area contributed by atoms with Crippen molar-refractivity contribution in [2.45, 2.75) is 38.5 Å². The minimum Gasteiger partial charge on any atom is -0.477 e. The first-order valence-electron chi connectivity index (χ1n) is 8.30. The van der Waals surface area contributed by atoms with E-state index in [2.05, 4.69) is 43.1 Å². The zero-order valence-electron chi connectivity index (χ0n) is 13.7. The van der Waals surface area contributed by atoms with Crippen molar-refractivity contribution in [3.05, 3.63) is 59.3 Å². The monoisotopic (exact) mass is 309 g/mol. The first-order chi connectivity index (χ1) is 11.2. The molecular formula is C20H23NO2. The highest BCUT2D eigenvalue weighted by Crippen LogP contribution is 2.38. The van der Waals surface area contributed by atoms with E-state index in [0.29, 0.717) is 24.3 Å². The third-order valence-electron chi connectivity index (χ3n) is 4.36. The molecule has 0 fully saturated rings. The summed E-state index contributed by atoms with van der Waals surface area (Å²) >= 11 is 0. The van der Waals surface area contributed by atoms with Gasteiger partial charge in [0.15, 0.2) is 0 Å². The molecule has 120 valence electrons. The summed E-state index contributed by atoms with van der Waals surface area (Å²) < 4.78 is 5.74. The number of benzene rings is 1. The van der Waals surface area contributed by atoms with Crippen LogP contribution in [0.2, 0.25) is 0 Å². The molecule has 2 atom stereocenters. The van der Waals surface area contributed by atoms with Crippen molar-refractivity contribution >= 4 is 6.29 Å². The van der Waals surface area contributed by atoms with E-state index in [9.17, 15) is 4.79 Å². The van der Waals surface area contributed by atoms with Crippen LogP contribution in [-0.2, 0) is 11.2 Å². The maximum absolute atomic E-state index is 11.5. The van der Waals surface area contributed by atoms with Crippen molar-refractivity contribution in [1.82, 2.24) is 4.98 Å². The molecule has 0 N–H and O–H groups in total. The first-order valence-corrected chi connectivity index (χ1v) is 8.30. The zero-order chi connectivity index (χ0) is 16.2. The molecule has 1 aromatic heterocycles. The maximum atomic E-state index is 11.5. The normalized spacial score (nSPS) is 20.1. The lowest BCUT2D eigenvalue weighted by Crippen LogP contribution is -2.20. The lowest BCUT2D eigenvalue weighted by molar-refractivity contribution is -0.109. The highest BCUT2D eigenvalue weighted by atomic mass is 16.5. The lowest BCUT2D eigenvalue weighted by atomic mass is 9.77. The number of rotatable bonds is 5. The molecule has 2 aromatic rings. The number of hydrogen-bond acceptors (Lipinski definition) is 3. The summed E-state index contributed by atoms with van der Waals surface area (Å²) in [6.45, 7) is 4.89. The van der Waals surface area contributed by atoms with E-state index in [4.69, 9.17) is 4.74 Å². The van der Waals surface area contributed by atoms with Crippen LogP contribution >= 0.6 is 0 Å². The van der Waals surface area contributed by atoms with Crippen LogP contribution in [0.3, 0.4) is 0 Å².